The number of aromatic amines is 1. The summed E-state index contributed by atoms with van der Waals surface area (Å²) in [5, 5.41) is 0. The lowest BCUT2D eigenvalue weighted by atomic mass is 9.87. The van der Waals surface area contributed by atoms with Crippen LogP contribution in [-0.4, -0.2) is 40.5 Å². The van der Waals surface area contributed by atoms with Gasteiger partial charge in [-0.05, 0) is 31.4 Å². The van der Waals surface area contributed by atoms with Gasteiger partial charge >= 0.3 is 0 Å². The quantitative estimate of drug-likeness (QED) is 0.943. The van der Waals surface area contributed by atoms with Crippen LogP contribution in [0.4, 0.5) is 0 Å². The van der Waals surface area contributed by atoms with E-state index in [4.69, 9.17) is 4.74 Å². The third kappa shape index (κ3) is 2.83. The molecule has 1 N–H and O–H groups in total. The molecule has 1 fully saturated rings. The number of benzene rings is 1. The molecule has 23 heavy (non-hydrogen) atoms. The molecule has 1 atom stereocenters. The molecule has 2 aromatic rings. The van der Waals surface area contributed by atoms with Gasteiger partial charge in [-0.2, -0.15) is 0 Å². The van der Waals surface area contributed by atoms with Crippen molar-refractivity contribution in [3.05, 3.63) is 48.0 Å². The van der Waals surface area contributed by atoms with Gasteiger partial charge in [0.15, 0.2) is 0 Å². The molecule has 120 valence electrons. The van der Waals surface area contributed by atoms with Gasteiger partial charge in [0.1, 0.15) is 5.75 Å². The average molecular weight is 311 g/mol. The maximum atomic E-state index is 12.7. The number of aromatic nitrogens is 2. The fraction of sp³-hybridized carbons (Fsp3) is 0.444. The first kappa shape index (κ1) is 14.3. The van der Waals surface area contributed by atoms with Gasteiger partial charge in [0, 0.05) is 24.7 Å². The molecular weight excluding hydrogens is 290 g/mol. The molecule has 5 nitrogen and oxygen atoms in total. The van der Waals surface area contributed by atoms with E-state index in [0.29, 0.717) is 12.5 Å². The van der Waals surface area contributed by atoms with Crippen molar-refractivity contribution in [2.75, 3.05) is 19.7 Å². The zero-order valence-corrected chi connectivity index (χ0v) is 13.1. The molecule has 4 rings (SSSR count). The molecule has 0 unspecified atom stereocenters. The van der Waals surface area contributed by atoms with Crippen molar-refractivity contribution in [1.82, 2.24) is 14.9 Å². The van der Waals surface area contributed by atoms with Crippen molar-refractivity contribution in [3.8, 4) is 5.75 Å². The Balaban J connectivity index is 1.30. The summed E-state index contributed by atoms with van der Waals surface area (Å²) in [6.45, 7) is 2.26. The standard InChI is InChI=1S/C18H21N3O2/c22-18(15-7-4-8-16-17(15)20-12-19-16)21-9-13(10-21)11-23-14-5-2-1-3-6-14/h1-3,5-6,12-13,15H,4,7-11H2,(H,19,20)/t15-/m1/s1. The lowest BCUT2D eigenvalue weighted by molar-refractivity contribution is -0.140. The van der Waals surface area contributed by atoms with Gasteiger partial charge in [-0.1, -0.05) is 18.2 Å². The van der Waals surface area contributed by atoms with Crippen molar-refractivity contribution in [3.63, 3.8) is 0 Å². The number of hydrogen-bond acceptors (Lipinski definition) is 3. The SMILES string of the molecule is O=C([C@@H]1CCCc2[nH]cnc21)N1CC(COc2ccccc2)C1. The second-order valence-corrected chi connectivity index (χ2v) is 6.44. The number of ether oxygens (including phenoxy) is 1. The molecule has 5 heteroatoms. The maximum absolute atomic E-state index is 12.7. The Hall–Kier alpha value is -2.30. The molecule has 0 radical (unpaired) electrons. The number of rotatable bonds is 4. The minimum Gasteiger partial charge on any atom is -0.493 e. The van der Waals surface area contributed by atoms with E-state index in [2.05, 4.69) is 9.97 Å². The Morgan fingerprint density at radius 1 is 1.30 bits per heavy atom. The first-order chi connectivity index (χ1) is 11.3. The van der Waals surface area contributed by atoms with E-state index in [1.165, 1.54) is 0 Å². The van der Waals surface area contributed by atoms with Gasteiger partial charge in [-0.15, -0.1) is 0 Å². The molecule has 1 aromatic heterocycles. The van der Waals surface area contributed by atoms with Crippen LogP contribution in [0, 0.1) is 5.92 Å². The highest BCUT2D eigenvalue weighted by Crippen LogP contribution is 2.32. The van der Waals surface area contributed by atoms with Crippen LogP contribution in [0.2, 0.25) is 0 Å². The minimum absolute atomic E-state index is 0.0546. The number of nitrogens with one attached hydrogen (secondary N) is 1. The summed E-state index contributed by atoms with van der Waals surface area (Å²) in [5.74, 6) is 1.50. The zero-order valence-electron chi connectivity index (χ0n) is 13.1. The predicted octanol–water partition coefficient (Wildman–Crippen LogP) is 2.37. The fourth-order valence-corrected chi connectivity index (χ4v) is 3.50. The third-order valence-electron chi connectivity index (χ3n) is 4.80. The number of imidazole rings is 1. The molecular formula is C18H21N3O2. The molecule has 0 bridgehead atoms. The summed E-state index contributed by atoms with van der Waals surface area (Å²) in [6, 6.07) is 9.84. The third-order valence-corrected chi connectivity index (χ3v) is 4.80. The first-order valence-electron chi connectivity index (χ1n) is 8.30. The normalized spacial score (nSPS) is 20.7. The van der Waals surface area contributed by atoms with Gasteiger partial charge in [-0.3, -0.25) is 4.79 Å². The Morgan fingerprint density at radius 2 is 2.13 bits per heavy atom. The summed E-state index contributed by atoms with van der Waals surface area (Å²) < 4.78 is 5.77. The van der Waals surface area contributed by atoms with Crippen LogP contribution in [0.15, 0.2) is 36.7 Å². The zero-order chi connectivity index (χ0) is 15.6. The molecule has 1 aliphatic heterocycles. The highest BCUT2D eigenvalue weighted by Gasteiger charge is 2.37. The van der Waals surface area contributed by atoms with Gasteiger partial charge in [0.25, 0.3) is 0 Å². The van der Waals surface area contributed by atoms with Crippen molar-refractivity contribution in [2.45, 2.75) is 25.2 Å². The number of likely N-dealkylation sites (tertiary alicyclic amines) is 1. The molecule has 1 amide bonds. The summed E-state index contributed by atoms with van der Waals surface area (Å²) in [7, 11) is 0. The van der Waals surface area contributed by atoms with Crippen LogP contribution in [0.25, 0.3) is 0 Å². The van der Waals surface area contributed by atoms with E-state index in [1.54, 1.807) is 6.33 Å². The Bertz CT molecular complexity index is 677. The highest BCUT2D eigenvalue weighted by atomic mass is 16.5. The second-order valence-electron chi connectivity index (χ2n) is 6.44. The van der Waals surface area contributed by atoms with Crippen LogP contribution >= 0.6 is 0 Å². The Labute approximate surface area is 135 Å². The van der Waals surface area contributed by atoms with Crippen molar-refractivity contribution >= 4 is 5.91 Å². The van der Waals surface area contributed by atoms with Gasteiger partial charge in [0.2, 0.25) is 5.91 Å². The van der Waals surface area contributed by atoms with Crippen LogP contribution in [0.3, 0.4) is 0 Å². The largest absolute Gasteiger partial charge is 0.493 e. The number of nitrogens with zero attached hydrogens (tertiary/aromatic N) is 2. The summed E-state index contributed by atoms with van der Waals surface area (Å²) >= 11 is 0. The lowest BCUT2D eigenvalue weighted by Crippen LogP contribution is -2.53. The number of para-hydroxylation sites is 1. The van der Waals surface area contributed by atoms with Crippen molar-refractivity contribution in [2.24, 2.45) is 5.92 Å². The summed E-state index contributed by atoms with van der Waals surface area (Å²) in [5.41, 5.74) is 2.10. The number of amides is 1. The van der Waals surface area contributed by atoms with Crippen LogP contribution < -0.4 is 4.74 Å². The lowest BCUT2D eigenvalue weighted by Gasteiger charge is -2.41. The number of carbonyl (C=O) groups is 1. The van der Waals surface area contributed by atoms with Gasteiger partial charge < -0.3 is 14.6 Å². The van der Waals surface area contributed by atoms with E-state index in [0.717, 1.165) is 49.5 Å². The number of carbonyl (C=O) groups excluding carboxylic acids is 1. The summed E-state index contributed by atoms with van der Waals surface area (Å²) in [4.78, 5) is 22.2. The molecule has 1 aliphatic carbocycles. The molecule has 1 saturated heterocycles. The number of H-pyrrole nitrogens is 1. The van der Waals surface area contributed by atoms with E-state index in [-0.39, 0.29) is 11.8 Å². The number of hydrogen-bond donors (Lipinski definition) is 1. The molecule has 2 aliphatic rings. The predicted molar refractivity (Wildman–Crippen MR) is 86.3 cm³/mol. The first-order valence-corrected chi connectivity index (χ1v) is 8.30. The van der Waals surface area contributed by atoms with E-state index >= 15 is 0 Å². The number of aryl methyl sites for hydroxylation is 1. The fourth-order valence-electron chi connectivity index (χ4n) is 3.50. The van der Waals surface area contributed by atoms with Gasteiger partial charge in [-0.25, -0.2) is 4.98 Å². The summed E-state index contributed by atoms with van der Waals surface area (Å²) in [6.07, 6.45) is 4.69. The van der Waals surface area contributed by atoms with Crippen LogP contribution in [0.1, 0.15) is 30.1 Å². The smallest absolute Gasteiger partial charge is 0.231 e. The minimum atomic E-state index is -0.0546. The molecule has 2 heterocycles. The second kappa shape index (κ2) is 6.07. The number of fused-ring (bicyclic) bond motifs is 1. The Kier molecular flexibility index (Phi) is 3.77. The van der Waals surface area contributed by atoms with Crippen molar-refractivity contribution in [1.29, 1.82) is 0 Å². The average Bonchev–Trinajstić information content (AvgIpc) is 3.02. The van der Waals surface area contributed by atoms with Crippen LogP contribution in [0.5, 0.6) is 5.75 Å². The Morgan fingerprint density at radius 3 is 2.96 bits per heavy atom. The molecule has 0 spiro atoms. The van der Waals surface area contributed by atoms with E-state index in [1.807, 2.05) is 35.2 Å². The van der Waals surface area contributed by atoms with E-state index < -0.39 is 0 Å². The van der Waals surface area contributed by atoms with Gasteiger partial charge in [0.05, 0.1) is 24.5 Å². The highest BCUT2D eigenvalue weighted by molar-refractivity contribution is 5.84. The topological polar surface area (TPSA) is 58.2 Å². The van der Waals surface area contributed by atoms with Crippen molar-refractivity contribution < 1.29 is 9.53 Å². The van der Waals surface area contributed by atoms with Crippen LogP contribution in [-0.2, 0) is 11.2 Å². The maximum Gasteiger partial charge on any atom is 0.231 e. The monoisotopic (exact) mass is 311 g/mol. The molecule has 0 saturated carbocycles. The molecule has 1 aromatic carbocycles. The van der Waals surface area contributed by atoms with E-state index in [9.17, 15) is 4.79 Å².